The summed E-state index contributed by atoms with van der Waals surface area (Å²) >= 11 is 0. The molecule has 0 aromatic heterocycles. The summed E-state index contributed by atoms with van der Waals surface area (Å²) in [5, 5.41) is 2.42. The zero-order valence-electron chi connectivity index (χ0n) is 7.88. The molecular formula is C10H15NO2. The van der Waals surface area contributed by atoms with Crippen LogP contribution in [0.15, 0.2) is 0 Å². The minimum absolute atomic E-state index is 0.0457. The number of imide groups is 1. The number of carbonyl (C=O) groups is 2. The lowest BCUT2D eigenvalue weighted by atomic mass is 9.80. The van der Waals surface area contributed by atoms with E-state index in [2.05, 4.69) is 5.32 Å². The molecule has 1 heterocycles. The van der Waals surface area contributed by atoms with Crippen LogP contribution in [0.2, 0.25) is 0 Å². The maximum absolute atomic E-state index is 11.4. The van der Waals surface area contributed by atoms with E-state index in [1.807, 2.05) is 6.92 Å². The highest BCUT2D eigenvalue weighted by atomic mass is 16.2. The number of nitrogens with one attached hydrogen (secondary N) is 1. The van der Waals surface area contributed by atoms with Crippen LogP contribution in [-0.4, -0.2) is 11.8 Å². The molecule has 0 aromatic carbocycles. The second-order valence-electron chi connectivity index (χ2n) is 4.13. The first-order valence-corrected chi connectivity index (χ1v) is 5.06. The molecule has 2 amide bonds. The second kappa shape index (κ2) is 3.13. The van der Waals surface area contributed by atoms with Crippen LogP contribution < -0.4 is 5.32 Å². The molecule has 1 saturated heterocycles. The third-order valence-corrected chi connectivity index (χ3v) is 3.20. The summed E-state index contributed by atoms with van der Waals surface area (Å²) in [6, 6.07) is 0. The standard InChI is InChI=1S/C10H15NO2/c1-2-7-8(6-3-4-6)5-9(12)11-10(7)13/h6-8H,2-5H2,1H3,(H,11,12,13). The third-order valence-electron chi connectivity index (χ3n) is 3.20. The van der Waals surface area contributed by atoms with E-state index in [1.165, 1.54) is 12.8 Å². The second-order valence-corrected chi connectivity index (χ2v) is 4.13. The van der Waals surface area contributed by atoms with Crippen molar-refractivity contribution in [3.8, 4) is 0 Å². The highest BCUT2D eigenvalue weighted by molar-refractivity contribution is 5.99. The number of amides is 2. The maximum Gasteiger partial charge on any atom is 0.229 e. The van der Waals surface area contributed by atoms with Gasteiger partial charge in [0, 0.05) is 12.3 Å². The summed E-state index contributed by atoms with van der Waals surface area (Å²) < 4.78 is 0. The Morgan fingerprint density at radius 1 is 1.38 bits per heavy atom. The third kappa shape index (κ3) is 1.60. The molecule has 2 atom stereocenters. The van der Waals surface area contributed by atoms with E-state index >= 15 is 0 Å². The Balaban J connectivity index is 2.11. The van der Waals surface area contributed by atoms with Crippen molar-refractivity contribution in [3.05, 3.63) is 0 Å². The molecule has 13 heavy (non-hydrogen) atoms. The molecule has 3 nitrogen and oxygen atoms in total. The van der Waals surface area contributed by atoms with Gasteiger partial charge in [-0.15, -0.1) is 0 Å². The first-order chi connectivity index (χ1) is 6.22. The van der Waals surface area contributed by atoms with Crippen LogP contribution in [0.4, 0.5) is 0 Å². The molecule has 1 saturated carbocycles. The van der Waals surface area contributed by atoms with Crippen LogP contribution in [0, 0.1) is 17.8 Å². The van der Waals surface area contributed by atoms with E-state index in [4.69, 9.17) is 0 Å². The van der Waals surface area contributed by atoms with Crippen molar-refractivity contribution in [2.24, 2.45) is 17.8 Å². The van der Waals surface area contributed by atoms with E-state index < -0.39 is 0 Å². The van der Waals surface area contributed by atoms with Gasteiger partial charge >= 0.3 is 0 Å². The van der Waals surface area contributed by atoms with Gasteiger partial charge in [-0.05, 0) is 31.1 Å². The maximum atomic E-state index is 11.4. The molecular weight excluding hydrogens is 166 g/mol. The minimum atomic E-state index is -0.0772. The Hall–Kier alpha value is -0.860. The van der Waals surface area contributed by atoms with Crippen molar-refractivity contribution in [3.63, 3.8) is 0 Å². The molecule has 2 rings (SSSR count). The summed E-state index contributed by atoms with van der Waals surface area (Å²) in [6.07, 6.45) is 3.85. The van der Waals surface area contributed by atoms with Gasteiger partial charge in [-0.2, -0.15) is 0 Å². The fourth-order valence-corrected chi connectivity index (χ4v) is 2.34. The largest absolute Gasteiger partial charge is 0.296 e. The topological polar surface area (TPSA) is 46.2 Å². The molecule has 2 fully saturated rings. The highest BCUT2D eigenvalue weighted by Crippen LogP contribution is 2.44. The zero-order valence-corrected chi connectivity index (χ0v) is 7.88. The Kier molecular flexibility index (Phi) is 2.10. The van der Waals surface area contributed by atoms with E-state index in [1.54, 1.807) is 0 Å². The quantitative estimate of drug-likeness (QED) is 0.648. The zero-order chi connectivity index (χ0) is 9.42. The Morgan fingerprint density at radius 2 is 2.08 bits per heavy atom. The lowest BCUT2D eigenvalue weighted by Crippen LogP contribution is -2.46. The molecule has 2 aliphatic rings. The molecule has 0 spiro atoms. The lowest BCUT2D eigenvalue weighted by molar-refractivity contribution is -0.139. The van der Waals surface area contributed by atoms with Gasteiger partial charge in [0.25, 0.3) is 0 Å². The average molecular weight is 181 g/mol. The number of piperidine rings is 1. The van der Waals surface area contributed by atoms with Gasteiger partial charge in [-0.3, -0.25) is 14.9 Å². The number of hydrogen-bond donors (Lipinski definition) is 1. The summed E-state index contributed by atoms with van der Waals surface area (Å²) in [4.78, 5) is 22.6. The van der Waals surface area contributed by atoms with Crippen LogP contribution >= 0.6 is 0 Å². The van der Waals surface area contributed by atoms with Crippen molar-refractivity contribution < 1.29 is 9.59 Å². The van der Waals surface area contributed by atoms with Gasteiger partial charge < -0.3 is 0 Å². The van der Waals surface area contributed by atoms with Crippen molar-refractivity contribution in [1.29, 1.82) is 0 Å². The summed E-state index contributed by atoms with van der Waals surface area (Å²) in [5.74, 6) is 0.957. The van der Waals surface area contributed by atoms with Crippen LogP contribution in [0.5, 0.6) is 0 Å². The van der Waals surface area contributed by atoms with Crippen LogP contribution in [0.25, 0.3) is 0 Å². The first-order valence-electron chi connectivity index (χ1n) is 5.06. The van der Waals surface area contributed by atoms with Gasteiger partial charge in [0.15, 0.2) is 0 Å². The van der Waals surface area contributed by atoms with E-state index in [-0.39, 0.29) is 17.7 Å². The van der Waals surface area contributed by atoms with Gasteiger partial charge in [0.05, 0.1) is 0 Å². The Morgan fingerprint density at radius 3 is 2.62 bits per heavy atom. The van der Waals surface area contributed by atoms with Gasteiger partial charge in [0.1, 0.15) is 0 Å². The molecule has 1 aliphatic heterocycles. The van der Waals surface area contributed by atoms with Crippen molar-refractivity contribution in [1.82, 2.24) is 5.32 Å². The Labute approximate surface area is 77.9 Å². The molecule has 1 aliphatic carbocycles. The molecule has 1 N–H and O–H groups in total. The fourth-order valence-electron chi connectivity index (χ4n) is 2.34. The monoisotopic (exact) mass is 181 g/mol. The number of carbonyl (C=O) groups excluding carboxylic acids is 2. The van der Waals surface area contributed by atoms with Gasteiger partial charge in [-0.1, -0.05) is 6.92 Å². The summed E-state index contributed by atoms with van der Waals surface area (Å²) in [5.41, 5.74) is 0. The predicted molar refractivity (Wildman–Crippen MR) is 47.8 cm³/mol. The molecule has 72 valence electrons. The molecule has 3 heteroatoms. The fraction of sp³-hybridized carbons (Fsp3) is 0.800. The van der Waals surface area contributed by atoms with Gasteiger partial charge in [-0.25, -0.2) is 0 Å². The van der Waals surface area contributed by atoms with Crippen LogP contribution in [0.1, 0.15) is 32.6 Å². The smallest absolute Gasteiger partial charge is 0.229 e. The lowest BCUT2D eigenvalue weighted by Gasteiger charge is -2.29. The van der Waals surface area contributed by atoms with Crippen molar-refractivity contribution in [2.75, 3.05) is 0 Å². The molecule has 2 unspecified atom stereocenters. The predicted octanol–water partition coefficient (Wildman–Crippen LogP) is 1.09. The van der Waals surface area contributed by atoms with E-state index in [0.717, 1.165) is 6.42 Å². The van der Waals surface area contributed by atoms with Crippen molar-refractivity contribution in [2.45, 2.75) is 32.6 Å². The van der Waals surface area contributed by atoms with E-state index in [0.29, 0.717) is 18.3 Å². The molecule has 0 bridgehead atoms. The molecule has 0 aromatic rings. The molecule has 0 radical (unpaired) electrons. The minimum Gasteiger partial charge on any atom is -0.296 e. The SMILES string of the molecule is CCC1C(=O)NC(=O)CC1C1CC1. The average Bonchev–Trinajstić information content (AvgIpc) is 2.85. The van der Waals surface area contributed by atoms with Crippen LogP contribution in [-0.2, 0) is 9.59 Å². The van der Waals surface area contributed by atoms with Crippen molar-refractivity contribution >= 4 is 11.8 Å². The first kappa shape index (κ1) is 8.73. The van der Waals surface area contributed by atoms with E-state index in [9.17, 15) is 9.59 Å². The number of rotatable bonds is 2. The summed E-state index contributed by atoms with van der Waals surface area (Å²) in [7, 11) is 0. The number of hydrogen-bond acceptors (Lipinski definition) is 2. The highest BCUT2D eigenvalue weighted by Gasteiger charge is 2.43. The summed E-state index contributed by atoms with van der Waals surface area (Å²) in [6.45, 7) is 2.02. The Bertz CT molecular complexity index is 245. The van der Waals surface area contributed by atoms with Gasteiger partial charge in [0.2, 0.25) is 11.8 Å². The normalized spacial score (nSPS) is 34.5. The van der Waals surface area contributed by atoms with Crippen LogP contribution in [0.3, 0.4) is 0 Å².